The molecule has 0 saturated heterocycles. The van der Waals surface area contributed by atoms with Gasteiger partial charge in [-0.05, 0) is 31.2 Å². The number of aromatic nitrogens is 1. The van der Waals surface area contributed by atoms with E-state index in [0.29, 0.717) is 0 Å². The number of esters is 1. The van der Waals surface area contributed by atoms with Crippen LogP contribution in [0.1, 0.15) is 33.6 Å². The van der Waals surface area contributed by atoms with Crippen molar-refractivity contribution in [1.82, 2.24) is 4.98 Å². The van der Waals surface area contributed by atoms with Gasteiger partial charge in [0.1, 0.15) is 5.56 Å². The van der Waals surface area contributed by atoms with Crippen molar-refractivity contribution in [3.63, 3.8) is 0 Å². The summed E-state index contributed by atoms with van der Waals surface area (Å²) in [6.07, 6.45) is 0. The normalized spacial score (nSPS) is 12.2. The number of carbonyl (C=O) groups excluding carboxylic acids is 2. The molecule has 2 aromatic heterocycles. The number of pyridine rings is 1. The predicted octanol–water partition coefficient (Wildman–Crippen LogP) is 3.72. The Hall–Kier alpha value is -2.26. The number of fused-ring (bicyclic) bond motifs is 1. The Morgan fingerprint density at radius 2 is 1.89 bits per heavy atom. The second-order valence-corrected chi connectivity index (χ2v) is 7.94. The van der Waals surface area contributed by atoms with Crippen molar-refractivity contribution in [3.05, 3.63) is 61.6 Å². The van der Waals surface area contributed by atoms with Crippen molar-refractivity contribution in [2.75, 3.05) is 7.11 Å². The molecule has 0 bridgehead atoms. The number of carbonyl (C=O) groups is 2. The van der Waals surface area contributed by atoms with E-state index in [1.54, 1.807) is 0 Å². The first kappa shape index (κ1) is 20.5. The van der Waals surface area contributed by atoms with E-state index in [0.717, 1.165) is 0 Å². The summed E-state index contributed by atoms with van der Waals surface area (Å²) in [6, 6.07) is 5.77. The summed E-state index contributed by atoms with van der Waals surface area (Å²) in [5, 5.41) is 0.265. The maximum atomic E-state index is 12.9. The van der Waals surface area contributed by atoms with Crippen LogP contribution in [-0.2, 0) is 21.7 Å². The average Bonchev–Trinajstić information content (AvgIpc) is 3.11. The molecule has 0 spiro atoms. The molecule has 2 heterocycles. The summed E-state index contributed by atoms with van der Waals surface area (Å²) < 4.78 is 22.8. The fourth-order valence-electron chi connectivity index (χ4n) is 2.66. The number of aromatic amines is 1. The van der Waals surface area contributed by atoms with E-state index in [1.807, 2.05) is 0 Å². The summed E-state index contributed by atoms with van der Waals surface area (Å²) in [5.74, 6) is -1.27. The lowest BCUT2D eigenvalue weighted by Gasteiger charge is -2.14. The van der Waals surface area contributed by atoms with Crippen LogP contribution in [-0.4, -0.2) is 28.4 Å². The lowest BCUT2D eigenvalue weighted by Crippen LogP contribution is -2.22. The van der Waals surface area contributed by atoms with Crippen LogP contribution >= 0.6 is 23.2 Å². The quantitative estimate of drug-likeness (QED) is 0.366. The number of ketones is 1. The van der Waals surface area contributed by atoms with Crippen LogP contribution in [0.5, 0.6) is 0 Å². The van der Waals surface area contributed by atoms with Gasteiger partial charge in [0.05, 0.1) is 28.1 Å². The van der Waals surface area contributed by atoms with Gasteiger partial charge in [0, 0.05) is 11.2 Å². The number of ether oxygens (including phenoxy) is 1. The SMILES string of the molecule is COC(=O)c1ccc(C[S+]([O-])c2[nH]c3c(Cl)ccc(Cl)c3c(=O)c2C(C)=O)o1. The molecule has 0 aliphatic carbocycles. The molecule has 0 fully saturated rings. The second-order valence-electron chi connectivity index (χ2n) is 5.74. The summed E-state index contributed by atoms with van der Waals surface area (Å²) in [5.41, 5.74) is -0.747. The van der Waals surface area contributed by atoms with E-state index in [4.69, 9.17) is 27.6 Å². The number of halogens is 2. The number of furan rings is 1. The van der Waals surface area contributed by atoms with E-state index < -0.39 is 28.4 Å². The molecule has 1 unspecified atom stereocenters. The number of methoxy groups -OCH3 is 1. The Morgan fingerprint density at radius 3 is 2.54 bits per heavy atom. The van der Waals surface area contributed by atoms with Crippen LogP contribution in [0.3, 0.4) is 0 Å². The van der Waals surface area contributed by atoms with Gasteiger partial charge in [-0.2, -0.15) is 0 Å². The smallest absolute Gasteiger partial charge is 0.373 e. The van der Waals surface area contributed by atoms with E-state index in [9.17, 15) is 18.9 Å². The number of rotatable bonds is 5. The fraction of sp³-hybridized carbons (Fsp3) is 0.167. The van der Waals surface area contributed by atoms with Crippen LogP contribution in [0.4, 0.5) is 0 Å². The van der Waals surface area contributed by atoms with Crippen molar-refractivity contribution in [2.24, 2.45) is 0 Å². The van der Waals surface area contributed by atoms with Gasteiger partial charge in [-0.15, -0.1) is 0 Å². The van der Waals surface area contributed by atoms with Gasteiger partial charge in [-0.25, -0.2) is 4.79 Å². The minimum Gasteiger partial charge on any atom is -0.610 e. The molecule has 1 N–H and O–H groups in total. The highest BCUT2D eigenvalue weighted by atomic mass is 35.5. The van der Waals surface area contributed by atoms with Gasteiger partial charge in [-0.1, -0.05) is 23.2 Å². The molecule has 1 atom stereocenters. The van der Waals surface area contributed by atoms with E-state index in [1.165, 1.54) is 38.3 Å². The minimum absolute atomic E-state index is 0.0473. The summed E-state index contributed by atoms with van der Waals surface area (Å²) in [6.45, 7) is 1.19. The zero-order chi connectivity index (χ0) is 20.6. The average molecular weight is 442 g/mol. The molecule has 0 amide bonds. The summed E-state index contributed by atoms with van der Waals surface area (Å²) in [7, 11) is 1.20. The van der Waals surface area contributed by atoms with Crippen molar-refractivity contribution < 1.29 is 23.3 Å². The third-order valence-electron chi connectivity index (χ3n) is 3.92. The first-order valence-corrected chi connectivity index (χ1v) is 9.92. The lowest BCUT2D eigenvalue weighted by atomic mass is 10.1. The van der Waals surface area contributed by atoms with Crippen LogP contribution in [0, 0.1) is 0 Å². The molecule has 0 aliphatic heterocycles. The fourth-order valence-corrected chi connectivity index (χ4v) is 4.34. The third-order valence-corrected chi connectivity index (χ3v) is 5.86. The Bertz CT molecular complexity index is 1150. The van der Waals surface area contributed by atoms with Crippen molar-refractivity contribution in [1.29, 1.82) is 0 Å². The standard InChI is InChI=1S/C18H13Cl2NO6S/c1-8(22)13-16(23)14-10(19)4-5-11(20)15(14)21-17(13)28(25)7-9-3-6-12(27-9)18(24)26-2/h3-6H,7H2,1-2H3,(H,21,23). The first-order chi connectivity index (χ1) is 13.2. The molecule has 7 nitrogen and oxygen atoms in total. The Kier molecular flexibility index (Phi) is 5.85. The van der Waals surface area contributed by atoms with Crippen LogP contribution < -0.4 is 5.43 Å². The van der Waals surface area contributed by atoms with Gasteiger partial charge in [0.2, 0.25) is 16.2 Å². The summed E-state index contributed by atoms with van der Waals surface area (Å²) >= 11 is 10.4. The van der Waals surface area contributed by atoms with Gasteiger partial charge < -0.3 is 18.7 Å². The number of nitrogens with one attached hydrogen (secondary N) is 1. The van der Waals surface area contributed by atoms with Crippen molar-refractivity contribution >= 4 is 57.0 Å². The van der Waals surface area contributed by atoms with E-state index in [2.05, 4.69) is 9.72 Å². The Morgan fingerprint density at radius 1 is 1.21 bits per heavy atom. The zero-order valence-corrected chi connectivity index (χ0v) is 17.0. The van der Waals surface area contributed by atoms with Crippen LogP contribution in [0.2, 0.25) is 10.0 Å². The Balaban J connectivity index is 2.11. The Labute approximate surface area is 171 Å². The minimum atomic E-state index is -1.87. The molecule has 146 valence electrons. The van der Waals surface area contributed by atoms with Crippen molar-refractivity contribution in [2.45, 2.75) is 17.7 Å². The molecule has 1 aromatic carbocycles. The maximum absolute atomic E-state index is 12.9. The second kappa shape index (κ2) is 8.00. The number of Topliss-reactive ketones (excluding diaryl/α,β-unsaturated/α-hetero) is 1. The molecule has 0 aliphatic rings. The number of benzene rings is 1. The molecule has 28 heavy (non-hydrogen) atoms. The summed E-state index contributed by atoms with van der Waals surface area (Å²) in [4.78, 5) is 39.2. The number of hydrogen-bond donors (Lipinski definition) is 1. The molecule has 10 heteroatoms. The maximum Gasteiger partial charge on any atom is 0.373 e. The lowest BCUT2D eigenvalue weighted by molar-refractivity contribution is 0.0563. The highest BCUT2D eigenvalue weighted by Crippen LogP contribution is 2.29. The first-order valence-electron chi connectivity index (χ1n) is 7.85. The molecular formula is C18H13Cl2NO6S. The molecule has 0 radical (unpaired) electrons. The van der Waals surface area contributed by atoms with Gasteiger partial charge >= 0.3 is 5.97 Å². The number of hydrogen-bond acceptors (Lipinski definition) is 6. The van der Waals surface area contributed by atoms with Gasteiger partial charge in [0.15, 0.2) is 17.3 Å². The third kappa shape index (κ3) is 3.68. The van der Waals surface area contributed by atoms with E-state index in [-0.39, 0.29) is 48.8 Å². The molecular weight excluding hydrogens is 429 g/mol. The highest BCUT2D eigenvalue weighted by molar-refractivity contribution is 7.90. The monoisotopic (exact) mass is 441 g/mol. The zero-order valence-electron chi connectivity index (χ0n) is 14.6. The van der Waals surface area contributed by atoms with Crippen LogP contribution in [0.15, 0.2) is 38.5 Å². The van der Waals surface area contributed by atoms with Gasteiger partial charge in [0.25, 0.3) is 0 Å². The highest BCUT2D eigenvalue weighted by Gasteiger charge is 2.28. The van der Waals surface area contributed by atoms with E-state index >= 15 is 0 Å². The van der Waals surface area contributed by atoms with Crippen molar-refractivity contribution in [3.8, 4) is 0 Å². The topological polar surface area (TPSA) is 112 Å². The van der Waals surface area contributed by atoms with Crippen LogP contribution in [0.25, 0.3) is 10.9 Å². The van der Waals surface area contributed by atoms with Gasteiger partial charge in [-0.3, -0.25) is 9.59 Å². The largest absolute Gasteiger partial charge is 0.610 e. The number of H-pyrrole nitrogens is 1. The predicted molar refractivity (Wildman–Crippen MR) is 105 cm³/mol. The molecule has 3 rings (SSSR count). The molecule has 0 saturated carbocycles. The molecule has 3 aromatic rings.